The molecule has 1 fully saturated rings. The second-order valence-electron chi connectivity index (χ2n) is 9.09. The van der Waals surface area contributed by atoms with Gasteiger partial charge in [-0.1, -0.05) is 48.9 Å². The third kappa shape index (κ3) is 4.98. The first kappa shape index (κ1) is 22.6. The molecule has 2 atom stereocenters. The second kappa shape index (κ2) is 9.56. The van der Waals surface area contributed by atoms with Crippen LogP contribution in [0.2, 0.25) is 0 Å². The highest BCUT2D eigenvalue weighted by Gasteiger charge is 2.24. The van der Waals surface area contributed by atoms with Gasteiger partial charge in [0.25, 0.3) is 0 Å². The first-order valence-corrected chi connectivity index (χ1v) is 13.2. The Kier molecular flexibility index (Phi) is 6.34. The molecule has 34 heavy (non-hydrogen) atoms. The quantitative estimate of drug-likeness (QED) is 0.361. The Labute approximate surface area is 199 Å². The Morgan fingerprint density at radius 1 is 0.882 bits per heavy atom. The van der Waals surface area contributed by atoms with Crippen molar-refractivity contribution in [2.45, 2.75) is 30.6 Å². The molecule has 4 aromatic rings. The van der Waals surface area contributed by atoms with Gasteiger partial charge in [0, 0.05) is 18.5 Å². The molecule has 1 aliphatic carbocycles. The Morgan fingerprint density at radius 3 is 2.47 bits per heavy atom. The predicted molar refractivity (Wildman–Crippen MR) is 137 cm³/mol. The fraction of sp³-hybridized carbons (Fsp3) is 0.308. The lowest BCUT2D eigenvalue weighted by molar-refractivity contribution is 0.276. The summed E-state index contributed by atoms with van der Waals surface area (Å²) in [6.07, 6.45) is 4.16. The van der Waals surface area contributed by atoms with Crippen molar-refractivity contribution in [1.82, 2.24) is 14.7 Å². The maximum atomic E-state index is 12.9. The molecule has 0 aliphatic heterocycles. The van der Waals surface area contributed by atoms with Gasteiger partial charge in [0.15, 0.2) is 0 Å². The first-order valence-electron chi connectivity index (χ1n) is 11.7. The Morgan fingerprint density at radius 2 is 1.62 bits per heavy atom. The van der Waals surface area contributed by atoms with Gasteiger partial charge < -0.3 is 11.1 Å². The van der Waals surface area contributed by atoms with E-state index in [9.17, 15) is 8.42 Å². The molecular formula is C26H29N5O2S. The summed E-state index contributed by atoms with van der Waals surface area (Å²) in [6.45, 7) is 1.19. The summed E-state index contributed by atoms with van der Waals surface area (Å²) >= 11 is 0. The van der Waals surface area contributed by atoms with Crippen LogP contribution in [-0.2, 0) is 10.0 Å². The van der Waals surface area contributed by atoms with Crippen LogP contribution in [0.3, 0.4) is 0 Å². The van der Waals surface area contributed by atoms with Gasteiger partial charge in [0.05, 0.1) is 10.4 Å². The number of anilines is 2. The molecule has 0 saturated heterocycles. The fourth-order valence-electron chi connectivity index (χ4n) is 4.83. The summed E-state index contributed by atoms with van der Waals surface area (Å²) in [7, 11) is -3.55. The Balaban J connectivity index is 1.18. The lowest BCUT2D eigenvalue weighted by Gasteiger charge is -2.29. The summed E-state index contributed by atoms with van der Waals surface area (Å²) in [4.78, 5) is 9.27. The smallest absolute Gasteiger partial charge is 0.240 e. The van der Waals surface area contributed by atoms with Gasteiger partial charge in [-0.25, -0.2) is 18.1 Å². The van der Waals surface area contributed by atoms with Crippen molar-refractivity contribution in [3.05, 3.63) is 66.7 Å². The van der Waals surface area contributed by atoms with Crippen molar-refractivity contribution in [2.24, 2.45) is 11.8 Å². The number of fused-ring (bicyclic) bond motifs is 2. The van der Waals surface area contributed by atoms with Crippen molar-refractivity contribution >= 4 is 43.5 Å². The summed E-state index contributed by atoms with van der Waals surface area (Å²) in [5, 5.41) is 6.14. The highest BCUT2D eigenvalue weighted by Crippen LogP contribution is 2.29. The molecule has 0 radical (unpaired) electrons. The van der Waals surface area contributed by atoms with Crippen LogP contribution >= 0.6 is 0 Å². The average Bonchev–Trinajstić information content (AvgIpc) is 2.86. The Bertz CT molecular complexity index is 1420. The molecular weight excluding hydrogens is 446 g/mol. The van der Waals surface area contributed by atoms with Gasteiger partial charge in [-0.15, -0.1) is 0 Å². The van der Waals surface area contributed by atoms with Gasteiger partial charge in [0.1, 0.15) is 5.82 Å². The number of benzene rings is 3. The minimum absolute atomic E-state index is 0.304. The number of nitrogens with one attached hydrogen (secondary N) is 2. The molecule has 5 rings (SSSR count). The van der Waals surface area contributed by atoms with Gasteiger partial charge >= 0.3 is 0 Å². The number of hydrogen-bond donors (Lipinski definition) is 3. The molecule has 1 aromatic heterocycles. The zero-order chi connectivity index (χ0) is 23.5. The maximum Gasteiger partial charge on any atom is 0.240 e. The highest BCUT2D eigenvalue weighted by molar-refractivity contribution is 7.89. The largest absolute Gasteiger partial charge is 0.383 e. The third-order valence-corrected chi connectivity index (χ3v) is 8.09. The Hall–Kier alpha value is -3.23. The third-order valence-electron chi connectivity index (χ3n) is 6.67. The molecule has 1 heterocycles. The number of nitrogens with zero attached hydrogens (tertiary/aromatic N) is 2. The van der Waals surface area contributed by atoms with Crippen LogP contribution in [0, 0.1) is 11.8 Å². The zero-order valence-corrected chi connectivity index (χ0v) is 19.8. The molecule has 4 N–H and O–H groups in total. The lowest BCUT2D eigenvalue weighted by Crippen LogP contribution is -2.33. The van der Waals surface area contributed by atoms with E-state index >= 15 is 0 Å². The van der Waals surface area contributed by atoms with Crippen molar-refractivity contribution in [2.75, 3.05) is 24.1 Å². The number of sulfonamides is 1. The van der Waals surface area contributed by atoms with E-state index in [2.05, 4.69) is 20.0 Å². The van der Waals surface area contributed by atoms with Crippen LogP contribution in [0.5, 0.6) is 0 Å². The standard InChI is InChI=1S/C26H29N5O2S/c27-25-23-10-3-4-11-24(23)30-26(31-25)28-16-18-6-5-7-19(14-18)17-29-34(32,33)22-13-12-20-8-1-2-9-21(20)15-22/h1-4,8-13,15,18-19,29H,5-7,14,16-17H2,(H3,27,28,30,31). The SMILES string of the molecule is Nc1nc(NCC2CCCC(CNS(=O)(=O)c3ccc4ccccc4c3)C2)nc2ccccc12. The van der Waals surface area contributed by atoms with E-state index in [1.807, 2.05) is 54.6 Å². The van der Waals surface area contributed by atoms with Crippen LogP contribution in [-0.4, -0.2) is 31.5 Å². The van der Waals surface area contributed by atoms with E-state index in [0.29, 0.717) is 35.0 Å². The van der Waals surface area contributed by atoms with Crippen LogP contribution < -0.4 is 15.8 Å². The number of para-hydroxylation sites is 1. The number of nitrogens with two attached hydrogens (primary N) is 1. The van der Waals surface area contributed by atoms with Crippen LogP contribution in [0.25, 0.3) is 21.7 Å². The van der Waals surface area contributed by atoms with E-state index in [1.54, 1.807) is 12.1 Å². The van der Waals surface area contributed by atoms with E-state index in [-0.39, 0.29) is 0 Å². The van der Waals surface area contributed by atoms with E-state index in [4.69, 9.17) is 5.73 Å². The molecule has 1 saturated carbocycles. The van der Waals surface area contributed by atoms with Crippen LogP contribution in [0.1, 0.15) is 25.7 Å². The van der Waals surface area contributed by atoms with Gasteiger partial charge in [-0.2, -0.15) is 4.98 Å². The first-order chi connectivity index (χ1) is 16.5. The van der Waals surface area contributed by atoms with Gasteiger partial charge in [-0.3, -0.25) is 0 Å². The number of rotatable bonds is 7. The molecule has 0 spiro atoms. The summed E-state index contributed by atoms with van der Waals surface area (Å²) in [6, 6.07) is 20.7. The second-order valence-corrected chi connectivity index (χ2v) is 10.9. The van der Waals surface area contributed by atoms with Crippen molar-refractivity contribution in [3.63, 3.8) is 0 Å². The average molecular weight is 476 g/mol. The van der Waals surface area contributed by atoms with Gasteiger partial charge in [-0.05, 0) is 66.1 Å². The normalized spacial score (nSPS) is 18.8. The highest BCUT2D eigenvalue weighted by atomic mass is 32.2. The number of nitrogen functional groups attached to an aromatic ring is 1. The molecule has 3 aromatic carbocycles. The van der Waals surface area contributed by atoms with Crippen LogP contribution in [0.15, 0.2) is 71.6 Å². The van der Waals surface area contributed by atoms with Crippen molar-refractivity contribution in [3.8, 4) is 0 Å². The molecule has 8 heteroatoms. The van der Waals surface area contributed by atoms with E-state index < -0.39 is 10.0 Å². The predicted octanol–water partition coefficient (Wildman–Crippen LogP) is 4.56. The molecule has 0 amide bonds. The van der Waals surface area contributed by atoms with Crippen molar-refractivity contribution in [1.29, 1.82) is 0 Å². The number of aromatic nitrogens is 2. The van der Waals surface area contributed by atoms with E-state index in [0.717, 1.165) is 53.9 Å². The topological polar surface area (TPSA) is 110 Å². The van der Waals surface area contributed by atoms with Gasteiger partial charge in [0.2, 0.25) is 16.0 Å². The molecule has 0 bridgehead atoms. The lowest BCUT2D eigenvalue weighted by atomic mass is 9.81. The molecule has 176 valence electrons. The maximum absolute atomic E-state index is 12.9. The molecule has 7 nitrogen and oxygen atoms in total. The molecule has 2 unspecified atom stereocenters. The van der Waals surface area contributed by atoms with Crippen LogP contribution in [0.4, 0.5) is 11.8 Å². The zero-order valence-electron chi connectivity index (χ0n) is 18.9. The molecule has 1 aliphatic rings. The fourth-order valence-corrected chi connectivity index (χ4v) is 5.99. The minimum Gasteiger partial charge on any atom is -0.383 e. The van der Waals surface area contributed by atoms with E-state index in [1.165, 1.54) is 0 Å². The monoisotopic (exact) mass is 475 g/mol. The summed E-state index contributed by atoms with van der Waals surface area (Å²) in [5.74, 6) is 1.74. The van der Waals surface area contributed by atoms with Crippen molar-refractivity contribution < 1.29 is 8.42 Å². The minimum atomic E-state index is -3.55. The summed E-state index contributed by atoms with van der Waals surface area (Å²) in [5.41, 5.74) is 6.91. The summed E-state index contributed by atoms with van der Waals surface area (Å²) < 4.78 is 28.6. The number of hydrogen-bond acceptors (Lipinski definition) is 6.